The molecule has 0 bridgehead atoms. The Morgan fingerprint density at radius 3 is 1.44 bits per heavy atom. The van der Waals surface area contributed by atoms with Crippen molar-refractivity contribution in [1.82, 2.24) is 30.4 Å². The molecule has 2 aromatic carbocycles. The molecule has 2 saturated heterocycles. The Bertz CT molecular complexity index is 2470. The van der Waals surface area contributed by atoms with Gasteiger partial charge in [0.2, 0.25) is 11.6 Å². The van der Waals surface area contributed by atoms with Crippen LogP contribution in [0.25, 0.3) is 0 Å². The van der Waals surface area contributed by atoms with Crippen LogP contribution in [0.4, 0.5) is 46.0 Å². The standard InChI is InChI=1S/C41H40Cl2N12O7/c1-23-37(54(57)58)40(50-48-23)46-31-19-33(52-11-15-61-16-12-52)44-21-27(31)35(25-7-3-5-9-29(25)42)39(56)36(26-8-4-6-10-30(26)43)28-22-45-34(53-13-17-62-18-14-53)20-32(28)47-41-38(55(59)60)24(2)49-51-41/h3-10,19-22,35-36H,11-18H2,1-2H3,(H2,44,46,48,50)(H2,45,47,49,51). The highest BCUT2D eigenvalue weighted by Crippen LogP contribution is 2.46. The van der Waals surface area contributed by atoms with Gasteiger partial charge in [-0.25, -0.2) is 9.97 Å². The average molecular weight is 884 g/mol. The number of ketones is 1. The number of nitrogens with zero attached hydrogens (tertiary/aromatic N) is 8. The van der Waals surface area contributed by atoms with Gasteiger partial charge in [0.05, 0.1) is 48.1 Å². The Hall–Kier alpha value is -6.67. The molecule has 2 fully saturated rings. The minimum absolute atomic E-state index is 0.0776. The van der Waals surface area contributed by atoms with E-state index in [0.29, 0.717) is 97.9 Å². The molecule has 4 aromatic heterocycles. The number of halogens is 2. The Kier molecular flexibility index (Phi) is 12.3. The predicted octanol–water partition coefficient (Wildman–Crippen LogP) is 7.36. The molecule has 0 saturated carbocycles. The molecule has 2 aliphatic rings. The van der Waals surface area contributed by atoms with E-state index < -0.39 is 27.5 Å². The molecular weight excluding hydrogens is 843 g/mol. The Labute approximate surface area is 364 Å². The predicted molar refractivity (Wildman–Crippen MR) is 233 cm³/mol. The van der Waals surface area contributed by atoms with Gasteiger partial charge in [-0.1, -0.05) is 59.6 Å². The number of morpholine rings is 2. The van der Waals surface area contributed by atoms with Crippen molar-refractivity contribution in [1.29, 1.82) is 0 Å². The fourth-order valence-corrected chi connectivity index (χ4v) is 8.26. The number of hydrogen-bond donors (Lipinski definition) is 4. The molecule has 320 valence electrons. The van der Waals surface area contributed by atoms with Gasteiger partial charge < -0.3 is 29.9 Å². The number of aromatic amines is 2. The van der Waals surface area contributed by atoms with Crippen molar-refractivity contribution in [3.8, 4) is 0 Å². The van der Waals surface area contributed by atoms with Gasteiger partial charge in [0.15, 0.2) is 5.78 Å². The third-order valence-electron chi connectivity index (χ3n) is 10.8. The molecule has 0 aliphatic carbocycles. The van der Waals surface area contributed by atoms with Gasteiger partial charge in [0.25, 0.3) is 0 Å². The third-order valence-corrected chi connectivity index (χ3v) is 11.5. The zero-order valence-electron chi connectivity index (χ0n) is 33.4. The van der Waals surface area contributed by atoms with Crippen molar-refractivity contribution in [3.63, 3.8) is 0 Å². The number of anilines is 6. The first-order valence-corrected chi connectivity index (χ1v) is 20.4. The number of rotatable bonds is 14. The van der Waals surface area contributed by atoms with E-state index in [1.165, 1.54) is 13.8 Å². The molecule has 0 amide bonds. The molecule has 4 N–H and O–H groups in total. The first kappa shape index (κ1) is 42.0. The van der Waals surface area contributed by atoms with Crippen molar-refractivity contribution in [3.05, 3.63) is 137 Å². The van der Waals surface area contributed by atoms with Crippen molar-refractivity contribution in [2.75, 3.05) is 73.0 Å². The minimum atomic E-state index is -1.22. The van der Waals surface area contributed by atoms with Crippen LogP contribution in [0.1, 0.15) is 45.5 Å². The van der Waals surface area contributed by atoms with Gasteiger partial charge in [0.1, 0.15) is 23.0 Å². The number of H-pyrrole nitrogens is 2. The molecule has 6 heterocycles. The number of Topliss-reactive ketones (excluding diaryl/α,β-unsaturated/α-hetero) is 1. The summed E-state index contributed by atoms with van der Waals surface area (Å²) < 4.78 is 11.2. The van der Waals surface area contributed by atoms with Crippen molar-refractivity contribution in [2.45, 2.75) is 25.7 Å². The van der Waals surface area contributed by atoms with E-state index in [9.17, 15) is 20.2 Å². The second-order valence-corrected chi connectivity index (χ2v) is 15.4. The van der Waals surface area contributed by atoms with Crippen LogP contribution in [-0.4, -0.2) is 98.6 Å². The number of carbonyl (C=O) groups is 1. The second-order valence-electron chi connectivity index (χ2n) is 14.6. The summed E-state index contributed by atoms with van der Waals surface area (Å²) in [5.74, 6) is -1.96. The number of carbonyl (C=O) groups excluding carboxylic acids is 1. The lowest BCUT2D eigenvalue weighted by molar-refractivity contribution is -0.384. The van der Waals surface area contributed by atoms with E-state index in [2.05, 4.69) is 31.0 Å². The van der Waals surface area contributed by atoms with Crippen LogP contribution in [0, 0.1) is 34.1 Å². The number of aryl methyl sites for hydroxylation is 2. The molecule has 2 aliphatic heterocycles. The van der Waals surface area contributed by atoms with Crippen LogP contribution >= 0.6 is 23.2 Å². The zero-order chi connectivity index (χ0) is 43.5. The smallest absolute Gasteiger partial charge is 0.333 e. The summed E-state index contributed by atoms with van der Waals surface area (Å²) in [6.45, 7) is 7.07. The summed E-state index contributed by atoms with van der Waals surface area (Å²) >= 11 is 14.0. The summed E-state index contributed by atoms with van der Waals surface area (Å²) in [7, 11) is 0. The quantitative estimate of drug-likeness (QED) is 0.0618. The highest BCUT2D eigenvalue weighted by Gasteiger charge is 2.38. The van der Waals surface area contributed by atoms with Crippen LogP contribution in [0.5, 0.6) is 0 Å². The summed E-state index contributed by atoms with van der Waals surface area (Å²) in [6, 6.07) is 17.2. The average Bonchev–Trinajstić information content (AvgIpc) is 3.84. The van der Waals surface area contributed by atoms with Gasteiger partial charge >= 0.3 is 11.4 Å². The fourth-order valence-electron chi connectivity index (χ4n) is 7.77. The lowest BCUT2D eigenvalue weighted by Gasteiger charge is -2.31. The fraction of sp³-hybridized carbons (Fsp3) is 0.293. The Balaban J connectivity index is 1.35. The highest BCUT2D eigenvalue weighted by molar-refractivity contribution is 6.32. The molecule has 2 unspecified atom stereocenters. The summed E-state index contributed by atoms with van der Waals surface area (Å²) in [5.41, 5.74) is 1.93. The normalized spacial score (nSPS) is 15.2. The molecule has 62 heavy (non-hydrogen) atoms. The number of pyridine rings is 2. The Morgan fingerprint density at radius 2 is 1.06 bits per heavy atom. The van der Waals surface area contributed by atoms with Crippen molar-refractivity contribution >= 4 is 75.0 Å². The first-order valence-electron chi connectivity index (χ1n) is 19.6. The van der Waals surface area contributed by atoms with Crippen molar-refractivity contribution in [2.24, 2.45) is 0 Å². The summed E-state index contributed by atoms with van der Waals surface area (Å²) in [6.07, 6.45) is 3.12. The molecule has 21 heteroatoms. The molecule has 0 radical (unpaired) electrons. The molecule has 6 aromatic rings. The van der Waals surface area contributed by atoms with Gasteiger partial charge in [0, 0.05) is 83.3 Å². The highest BCUT2D eigenvalue weighted by atomic mass is 35.5. The van der Waals surface area contributed by atoms with E-state index in [-0.39, 0.29) is 44.4 Å². The van der Waals surface area contributed by atoms with E-state index in [1.54, 1.807) is 73.1 Å². The maximum absolute atomic E-state index is 16.1. The van der Waals surface area contributed by atoms with E-state index in [0.717, 1.165) is 0 Å². The number of hydrogen-bond acceptors (Lipinski definition) is 15. The van der Waals surface area contributed by atoms with Crippen LogP contribution in [0.15, 0.2) is 73.1 Å². The number of nitrogens with one attached hydrogen (secondary N) is 4. The maximum Gasteiger partial charge on any atom is 0.333 e. The third kappa shape index (κ3) is 8.47. The van der Waals surface area contributed by atoms with Crippen molar-refractivity contribution < 1.29 is 24.1 Å². The molecular formula is C41H40Cl2N12O7. The van der Waals surface area contributed by atoms with Crippen LogP contribution in [0.2, 0.25) is 10.0 Å². The maximum atomic E-state index is 16.1. The van der Waals surface area contributed by atoms with Crippen LogP contribution in [0.3, 0.4) is 0 Å². The van der Waals surface area contributed by atoms with E-state index in [1.807, 2.05) is 9.80 Å². The SMILES string of the molecule is Cc1[nH]nc(Nc2cc(N3CCOCC3)ncc2C(C(=O)C(c2ccccc2Cl)c2cnc(N3CCOCC3)cc2Nc2n[nH]c(C)c2[N+](=O)[O-])c2ccccc2Cl)c1[N+](=O)[O-]. The number of benzene rings is 2. The number of aromatic nitrogens is 6. The second kappa shape index (κ2) is 18.1. The molecule has 2 atom stereocenters. The molecule has 8 rings (SSSR count). The summed E-state index contributed by atoms with van der Waals surface area (Å²) in [5, 5.41) is 45.3. The topological polar surface area (TPSA) is 235 Å². The molecule has 19 nitrogen and oxygen atoms in total. The van der Waals surface area contributed by atoms with Crippen LogP contribution < -0.4 is 20.4 Å². The van der Waals surface area contributed by atoms with Crippen LogP contribution in [-0.2, 0) is 14.3 Å². The number of ether oxygens (including phenoxy) is 2. The van der Waals surface area contributed by atoms with E-state index in [4.69, 9.17) is 42.6 Å². The molecule has 0 spiro atoms. The lowest BCUT2D eigenvalue weighted by atomic mass is 9.76. The van der Waals surface area contributed by atoms with E-state index >= 15 is 4.79 Å². The largest absolute Gasteiger partial charge is 0.378 e. The van der Waals surface area contributed by atoms with Gasteiger partial charge in [-0.15, -0.1) is 10.2 Å². The van der Waals surface area contributed by atoms with Gasteiger partial charge in [-0.05, 0) is 37.1 Å². The monoisotopic (exact) mass is 882 g/mol. The lowest BCUT2D eigenvalue weighted by Crippen LogP contribution is -2.37. The first-order chi connectivity index (χ1) is 30.0. The summed E-state index contributed by atoms with van der Waals surface area (Å²) in [4.78, 5) is 53.4. The zero-order valence-corrected chi connectivity index (χ0v) is 34.9. The van der Waals surface area contributed by atoms with Gasteiger partial charge in [-0.3, -0.25) is 35.2 Å². The van der Waals surface area contributed by atoms with Gasteiger partial charge in [-0.2, -0.15) is 0 Å². The Morgan fingerprint density at radius 1 is 0.677 bits per heavy atom. The minimum Gasteiger partial charge on any atom is -0.378 e. The number of nitro groups is 2.